The summed E-state index contributed by atoms with van der Waals surface area (Å²) < 4.78 is 0. The minimum atomic E-state index is 1.07. The zero-order chi connectivity index (χ0) is 9.10. The number of aromatic nitrogens is 1. The summed E-state index contributed by atoms with van der Waals surface area (Å²) in [6, 6.07) is 4.15. The van der Waals surface area contributed by atoms with Crippen molar-refractivity contribution < 1.29 is 0 Å². The van der Waals surface area contributed by atoms with Crippen LogP contribution < -0.4 is 0 Å². The molecule has 2 heterocycles. The van der Waals surface area contributed by atoms with Crippen molar-refractivity contribution in [3.8, 4) is 0 Å². The van der Waals surface area contributed by atoms with Crippen LogP contribution in [-0.2, 0) is 0 Å². The van der Waals surface area contributed by atoms with Crippen molar-refractivity contribution in [2.75, 3.05) is 0 Å². The molecule has 66 valence electrons. The van der Waals surface area contributed by atoms with E-state index in [1.54, 1.807) is 22.7 Å². The number of thiophene rings is 1. The Bertz CT molecular complexity index is 398. The molecule has 0 aliphatic heterocycles. The van der Waals surface area contributed by atoms with Crippen LogP contribution in [0.2, 0.25) is 0 Å². The average Bonchev–Trinajstić information content (AvgIpc) is 2.71. The second-order valence-corrected chi connectivity index (χ2v) is 4.54. The van der Waals surface area contributed by atoms with Gasteiger partial charge in [0.15, 0.2) is 0 Å². The number of rotatable bonds is 2. The fraction of sp³-hybridized carbons (Fsp3) is 0.100. The van der Waals surface area contributed by atoms with Crippen LogP contribution in [0, 0.1) is 6.92 Å². The molecule has 2 rings (SSSR count). The third-order valence-corrected chi connectivity index (χ3v) is 3.34. The highest BCUT2D eigenvalue weighted by atomic mass is 32.1. The van der Waals surface area contributed by atoms with Crippen LogP contribution in [0.4, 0.5) is 0 Å². The van der Waals surface area contributed by atoms with E-state index in [4.69, 9.17) is 0 Å². The highest BCUT2D eigenvalue weighted by molar-refractivity contribution is 7.11. The lowest BCUT2D eigenvalue weighted by molar-refractivity contribution is 1.25. The number of aryl methyl sites for hydroxylation is 1. The van der Waals surface area contributed by atoms with Crippen molar-refractivity contribution >= 4 is 34.8 Å². The predicted octanol–water partition coefficient (Wildman–Crippen LogP) is 3.68. The third kappa shape index (κ3) is 2.26. The minimum Gasteiger partial charge on any atom is -0.242 e. The monoisotopic (exact) mass is 207 g/mol. The number of hydrogen-bond donors (Lipinski definition) is 0. The number of nitrogens with zero attached hydrogens (tertiary/aromatic N) is 1. The number of thiazole rings is 1. The summed E-state index contributed by atoms with van der Waals surface area (Å²) in [5.41, 5.74) is 1.09. The molecule has 1 nitrogen and oxygen atoms in total. The highest BCUT2D eigenvalue weighted by Gasteiger charge is 1.92. The first-order valence-corrected chi connectivity index (χ1v) is 5.74. The van der Waals surface area contributed by atoms with Gasteiger partial charge < -0.3 is 0 Å². The molecule has 3 heteroatoms. The SMILES string of the molecule is Cc1csc(/C=C/c2cccs2)n1. The molecule has 0 aromatic carbocycles. The normalized spacial score (nSPS) is 11.2. The van der Waals surface area contributed by atoms with Gasteiger partial charge in [-0.1, -0.05) is 6.07 Å². The van der Waals surface area contributed by atoms with Crippen molar-refractivity contribution in [3.63, 3.8) is 0 Å². The van der Waals surface area contributed by atoms with Gasteiger partial charge in [-0.3, -0.25) is 0 Å². The number of hydrogen-bond acceptors (Lipinski definition) is 3. The third-order valence-electron chi connectivity index (χ3n) is 1.57. The van der Waals surface area contributed by atoms with Crippen molar-refractivity contribution in [2.24, 2.45) is 0 Å². The second kappa shape index (κ2) is 3.85. The average molecular weight is 207 g/mol. The molecule has 0 aliphatic rings. The zero-order valence-corrected chi connectivity index (χ0v) is 8.86. The van der Waals surface area contributed by atoms with Gasteiger partial charge >= 0.3 is 0 Å². The maximum Gasteiger partial charge on any atom is 0.116 e. The van der Waals surface area contributed by atoms with Gasteiger partial charge in [-0.05, 0) is 30.5 Å². The molecule has 2 aromatic rings. The Balaban J connectivity index is 2.14. The first-order chi connectivity index (χ1) is 6.34. The molecule has 13 heavy (non-hydrogen) atoms. The second-order valence-electron chi connectivity index (χ2n) is 2.68. The van der Waals surface area contributed by atoms with E-state index in [0.29, 0.717) is 0 Å². The van der Waals surface area contributed by atoms with Gasteiger partial charge in [0.1, 0.15) is 5.01 Å². The lowest BCUT2D eigenvalue weighted by Crippen LogP contribution is -1.69. The van der Waals surface area contributed by atoms with Gasteiger partial charge in [0.25, 0.3) is 0 Å². The molecule has 0 atom stereocenters. The quantitative estimate of drug-likeness (QED) is 0.732. The molecular weight excluding hydrogens is 198 g/mol. The topological polar surface area (TPSA) is 12.9 Å². The Labute approximate surface area is 85.4 Å². The van der Waals surface area contributed by atoms with Crippen LogP contribution in [0.3, 0.4) is 0 Å². The van der Waals surface area contributed by atoms with Gasteiger partial charge in [0.2, 0.25) is 0 Å². The van der Waals surface area contributed by atoms with E-state index in [1.165, 1.54) is 4.88 Å². The summed E-state index contributed by atoms with van der Waals surface area (Å²) in [5, 5.41) is 5.21. The fourth-order valence-electron chi connectivity index (χ4n) is 0.988. The van der Waals surface area contributed by atoms with Gasteiger partial charge in [-0.15, -0.1) is 22.7 Å². The van der Waals surface area contributed by atoms with Crippen LogP contribution >= 0.6 is 22.7 Å². The maximum atomic E-state index is 4.35. The van der Waals surface area contributed by atoms with Gasteiger partial charge in [0, 0.05) is 16.0 Å². The molecule has 0 saturated carbocycles. The standard InChI is InChI=1S/C10H9NS2/c1-8-7-13-10(11-8)5-4-9-3-2-6-12-9/h2-7H,1H3/b5-4+. The summed E-state index contributed by atoms with van der Waals surface area (Å²) in [6.07, 6.45) is 4.16. The van der Waals surface area contributed by atoms with Crippen LogP contribution in [0.5, 0.6) is 0 Å². The van der Waals surface area contributed by atoms with Gasteiger partial charge in [-0.2, -0.15) is 0 Å². The van der Waals surface area contributed by atoms with Crippen LogP contribution in [0.25, 0.3) is 12.2 Å². The van der Waals surface area contributed by atoms with Gasteiger partial charge in [0.05, 0.1) is 0 Å². The molecule has 0 amide bonds. The summed E-state index contributed by atoms with van der Waals surface area (Å²) in [5.74, 6) is 0. The van der Waals surface area contributed by atoms with E-state index in [9.17, 15) is 0 Å². The zero-order valence-electron chi connectivity index (χ0n) is 7.23. The van der Waals surface area contributed by atoms with E-state index in [-0.39, 0.29) is 0 Å². The summed E-state index contributed by atoms with van der Waals surface area (Å²) >= 11 is 3.42. The molecular formula is C10H9NS2. The Morgan fingerprint density at radius 3 is 2.85 bits per heavy atom. The van der Waals surface area contributed by atoms with Crippen molar-refractivity contribution in [2.45, 2.75) is 6.92 Å². The lowest BCUT2D eigenvalue weighted by Gasteiger charge is -1.82. The molecule has 0 radical (unpaired) electrons. The largest absolute Gasteiger partial charge is 0.242 e. The van der Waals surface area contributed by atoms with E-state index >= 15 is 0 Å². The summed E-state index contributed by atoms with van der Waals surface area (Å²) in [6.45, 7) is 2.01. The van der Waals surface area contributed by atoms with Crippen molar-refractivity contribution in [1.82, 2.24) is 4.98 Å². The predicted molar refractivity (Wildman–Crippen MR) is 60.1 cm³/mol. The highest BCUT2D eigenvalue weighted by Crippen LogP contribution is 2.15. The lowest BCUT2D eigenvalue weighted by atomic mass is 10.4. The van der Waals surface area contributed by atoms with Crippen molar-refractivity contribution in [1.29, 1.82) is 0 Å². The van der Waals surface area contributed by atoms with E-state index < -0.39 is 0 Å². The van der Waals surface area contributed by atoms with E-state index in [2.05, 4.69) is 40.0 Å². The minimum absolute atomic E-state index is 1.07. The molecule has 2 aromatic heterocycles. The molecule has 0 N–H and O–H groups in total. The first kappa shape index (κ1) is 8.66. The molecule has 0 aliphatic carbocycles. The first-order valence-electron chi connectivity index (χ1n) is 3.98. The van der Waals surface area contributed by atoms with Crippen LogP contribution in [0.15, 0.2) is 22.9 Å². The van der Waals surface area contributed by atoms with E-state index in [0.717, 1.165) is 10.7 Å². The maximum absolute atomic E-state index is 4.35. The molecule has 0 fully saturated rings. The fourth-order valence-corrected chi connectivity index (χ4v) is 2.29. The molecule has 0 spiro atoms. The van der Waals surface area contributed by atoms with Crippen molar-refractivity contribution in [3.05, 3.63) is 38.5 Å². The summed E-state index contributed by atoms with van der Waals surface area (Å²) in [4.78, 5) is 5.62. The summed E-state index contributed by atoms with van der Waals surface area (Å²) in [7, 11) is 0. The Hall–Kier alpha value is -0.930. The van der Waals surface area contributed by atoms with Crippen LogP contribution in [-0.4, -0.2) is 4.98 Å². The smallest absolute Gasteiger partial charge is 0.116 e. The van der Waals surface area contributed by atoms with Gasteiger partial charge in [-0.25, -0.2) is 4.98 Å². The molecule has 0 saturated heterocycles. The molecule has 0 unspecified atom stereocenters. The Morgan fingerprint density at radius 1 is 1.31 bits per heavy atom. The Morgan fingerprint density at radius 2 is 2.23 bits per heavy atom. The molecule has 0 bridgehead atoms. The Kier molecular flexibility index (Phi) is 2.57. The van der Waals surface area contributed by atoms with E-state index in [1.807, 2.05) is 6.92 Å². The van der Waals surface area contributed by atoms with Crippen LogP contribution in [0.1, 0.15) is 15.6 Å².